The number of hydrogen-bond acceptors (Lipinski definition) is 2. The largest absolute Gasteiger partial charge is 0.286 e. The van der Waals surface area contributed by atoms with E-state index in [4.69, 9.17) is 34.8 Å². The van der Waals surface area contributed by atoms with Crippen LogP contribution in [-0.4, -0.2) is 11.6 Å². The number of hydrogen-bond donors (Lipinski definition) is 0. The zero-order chi connectivity index (χ0) is 15.9. The number of halogens is 3. The molecule has 0 spiro atoms. The van der Waals surface area contributed by atoms with Gasteiger partial charge in [0.2, 0.25) is 5.78 Å². The molecule has 0 fully saturated rings. The van der Waals surface area contributed by atoms with E-state index in [1.807, 2.05) is 12.1 Å². The minimum absolute atomic E-state index is 0.0107. The van der Waals surface area contributed by atoms with E-state index in [9.17, 15) is 9.59 Å². The van der Waals surface area contributed by atoms with Crippen LogP contribution in [0.4, 0.5) is 0 Å². The Balaban J connectivity index is 2.52. The number of carbonyl (C=O) groups excluding carboxylic acids is 2. The average molecular weight is 346 g/mol. The lowest BCUT2D eigenvalue weighted by molar-refractivity contribution is -0.577. The maximum Gasteiger partial charge on any atom is 0.282 e. The first-order chi connectivity index (χ1) is 9.64. The number of carbonyl (C=O) groups is 2. The van der Waals surface area contributed by atoms with Gasteiger partial charge in [-0.2, -0.15) is 4.57 Å². The van der Waals surface area contributed by atoms with Crippen LogP contribution in [0, 0.1) is 0 Å². The lowest BCUT2D eigenvalue weighted by Gasteiger charge is -2.18. The van der Waals surface area contributed by atoms with Crippen LogP contribution in [0.2, 0.25) is 0 Å². The SMILES string of the molecule is CC(C)(C)c1cc[n+](C2=C(Cl)C(=O)C(Cl)=C(Cl)C2=O)cc1. The number of rotatable bonds is 1. The van der Waals surface area contributed by atoms with Crippen LogP contribution >= 0.6 is 34.8 Å². The number of ketones is 2. The van der Waals surface area contributed by atoms with Crippen molar-refractivity contribution in [2.45, 2.75) is 26.2 Å². The summed E-state index contributed by atoms with van der Waals surface area (Å²) < 4.78 is 1.48. The van der Waals surface area contributed by atoms with Crippen molar-refractivity contribution in [1.82, 2.24) is 0 Å². The summed E-state index contributed by atoms with van der Waals surface area (Å²) in [6.07, 6.45) is 3.35. The Bertz CT molecular complexity index is 695. The van der Waals surface area contributed by atoms with Crippen molar-refractivity contribution in [1.29, 1.82) is 0 Å². The minimum Gasteiger partial charge on any atom is -0.286 e. The first-order valence-corrected chi connectivity index (χ1v) is 7.34. The van der Waals surface area contributed by atoms with Gasteiger partial charge < -0.3 is 0 Å². The predicted molar refractivity (Wildman–Crippen MR) is 83.2 cm³/mol. The smallest absolute Gasteiger partial charge is 0.282 e. The van der Waals surface area contributed by atoms with Crippen molar-refractivity contribution in [3.8, 4) is 0 Å². The summed E-state index contributed by atoms with van der Waals surface area (Å²) in [7, 11) is 0. The lowest BCUT2D eigenvalue weighted by Crippen LogP contribution is -2.39. The molecule has 1 aliphatic rings. The van der Waals surface area contributed by atoms with E-state index in [0.717, 1.165) is 5.56 Å². The summed E-state index contributed by atoms with van der Waals surface area (Å²) in [6.45, 7) is 6.23. The molecule has 6 heteroatoms. The van der Waals surface area contributed by atoms with Crippen molar-refractivity contribution >= 4 is 52.1 Å². The fourth-order valence-corrected chi connectivity index (χ4v) is 2.59. The third kappa shape index (κ3) is 2.91. The van der Waals surface area contributed by atoms with E-state index in [1.54, 1.807) is 12.4 Å². The molecule has 2 rings (SSSR count). The Morgan fingerprint density at radius 2 is 1.33 bits per heavy atom. The molecule has 0 amide bonds. The zero-order valence-electron chi connectivity index (χ0n) is 11.7. The molecule has 1 aromatic rings. The Kier molecular flexibility index (Phi) is 4.29. The number of Topliss-reactive ketones (excluding diaryl/α,β-unsaturated/α-hetero) is 2. The van der Waals surface area contributed by atoms with E-state index in [-0.39, 0.29) is 26.2 Å². The number of aromatic nitrogens is 1. The topological polar surface area (TPSA) is 38.0 Å². The van der Waals surface area contributed by atoms with E-state index in [2.05, 4.69) is 20.8 Å². The lowest BCUT2D eigenvalue weighted by atomic mass is 9.88. The molecule has 1 heterocycles. The van der Waals surface area contributed by atoms with Crippen LogP contribution in [-0.2, 0) is 15.0 Å². The van der Waals surface area contributed by atoms with Crippen molar-refractivity contribution < 1.29 is 14.2 Å². The predicted octanol–water partition coefficient (Wildman–Crippen LogP) is 3.52. The van der Waals surface area contributed by atoms with Crippen LogP contribution in [0.15, 0.2) is 39.6 Å². The van der Waals surface area contributed by atoms with Gasteiger partial charge in [0.05, 0.1) is 0 Å². The fraction of sp³-hybridized carbons (Fsp3) is 0.267. The monoisotopic (exact) mass is 344 g/mol. The maximum atomic E-state index is 12.2. The van der Waals surface area contributed by atoms with Crippen LogP contribution < -0.4 is 4.57 Å². The molecule has 0 unspecified atom stereocenters. The van der Waals surface area contributed by atoms with Gasteiger partial charge in [-0.05, 0) is 11.0 Å². The zero-order valence-corrected chi connectivity index (χ0v) is 14.0. The molecule has 0 aromatic carbocycles. The van der Waals surface area contributed by atoms with Gasteiger partial charge in [-0.3, -0.25) is 9.59 Å². The molecule has 21 heavy (non-hydrogen) atoms. The minimum atomic E-state index is -0.648. The van der Waals surface area contributed by atoms with E-state index < -0.39 is 11.6 Å². The summed E-state index contributed by atoms with van der Waals surface area (Å²) in [5, 5.41) is -0.890. The van der Waals surface area contributed by atoms with E-state index >= 15 is 0 Å². The second-order valence-electron chi connectivity index (χ2n) is 5.69. The quantitative estimate of drug-likeness (QED) is 0.577. The summed E-state index contributed by atoms with van der Waals surface area (Å²) in [5.74, 6) is -1.22. The highest BCUT2D eigenvalue weighted by Gasteiger charge is 2.38. The van der Waals surface area contributed by atoms with Gasteiger partial charge >= 0.3 is 0 Å². The normalized spacial score (nSPS) is 16.9. The summed E-state index contributed by atoms with van der Waals surface area (Å²) in [4.78, 5) is 24.0. The first kappa shape index (κ1) is 16.2. The maximum absolute atomic E-state index is 12.2. The molecule has 0 saturated heterocycles. The molecule has 0 aliphatic heterocycles. The van der Waals surface area contributed by atoms with Gasteiger partial charge in [-0.1, -0.05) is 55.6 Å². The van der Waals surface area contributed by atoms with Crippen LogP contribution in [0.25, 0.3) is 5.70 Å². The molecular formula is C15H13Cl3NO2+. The Hall–Kier alpha value is -1.16. The molecular weight excluding hydrogens is 333 g/mol. The van der Waals surface area contributed by atoms with Gasteiger partial charge in [0.1, 0.15) is 10.1 Å². The molecule has 3 nitrogen and oxygen atoms in total. The number of nitrogens with zero attached hydrogens (tertiary/aromatic N) is 1. The third-order valence-electron chi connectivity index (χ3n) is 3.17. The molecule has 110 valence electrons. The standard InChI is InChI=1S/C15H13Cl3NO2/c1-15(2,3)8-4-6-19(7-5-8)12-11(18)13(20)9(16)10(17)14(12)21/h4-7H,1-3H3/q+1. The molecule has 0 radical (unpaired) electrons. The molecule has 0 saturated carbocycles. The van der Waals surface area contributed by atoms with Crippen molar-refractivity contribution in [3.05, 3.63) is 45.2 Å². The Morgan fingerprint density at radius 1 is 0.857 bits per heavy atom. The number of pyridine rings is 1. The van der Waals surface area contributed by atoms with Gasteiger partial charge in [-0.15, -0.1) is 0 Å². The summed E-state index contributed by atoms with van der Waals surface area (Å²) in [6, 6.07) is 3.73. The molecule has 0 bridgehead atoms. The second-order valence-corrected chi connectivity index (χ2v) is 6.83. The van der Waals surface area contributed by atoms with E-state index in [0.29, 0.717) is 0 Å². The Morgan fingerprint density at radius 3 is 1.81 bits per heavy atom. The van der Waals surface area contributed by atoms with Gasteiger partial charge in [0, 0.05) is 12.1 Å². The molecule has 1 aliphatic carbocycles. The van der Waals surface area contributed by atoms with Crippen molar-refractivity contribution in [3.63, 3.8) is 0 Å². The second kappa shape index (κ2) is 5.56. The van der Waals surface area contributed by atoms with Crippen LogP contribution in [0.5, 0.6) is 0 Å². The van der Waals surface area contributed by atoms with E-state index in [1.165, 1.54) is 4.57 Å². The van der Waals surface area contributed by atoms with Gasteiger partial charge in [-0.25, -0.2) is 0 Å². The highest BCUT2D eigenvalue weighted by molar-refractivity contribution is 6.67. The fourth-order valence-electron chi connectivity index (χ4n) is 1.91. The summed E-state index contributed by atoms with van der Waals surface area (Å²) >= 11 is 17.5. The average Bonchev–Trinajstić information content (AvgIpc) is 2.43. The number of allylic oxidation sites excluding steroid dienone is 4. The van der Waals surface area contributed by atoms with Crippen molar-refractivity contribution in [2.24, 2.45) is 0 Å². The van der Waals surface area contributed by atoms with Crippen LogP contribution in [0.1, 0.15) is 26.3 Å². The third-order valence-corrected chi connectivity index (χ3v) is 4.34. The molecule has 0 atom stereocenters. The van der Waals surface area contributed by atoms with Gasteiger partial charge in [0.25, 0.3) is 11.5 Å². The first-order valence-electron chi connectivity index (χ1n) is 6.21. The molecule has 1 aromatic heterocycles. The Labute approximate surface area is 137 Å². The highest BCUT2D eigenvalue weighted by atomic mass is 35.5. The molecule has 0 N–H and O–H groups in total. The highest BCUT2D eigenvalue weighted by Crippen LogP contribution is 2.31. The summed E-state index contributed by atoms with van der Waals surface area (Å²) in [5.41, 5.74) is 1.08. The van der Waals surface area contributed by atoms with Crippen LogP contribution in [0.3, 0.4) is 0 Å². The van der Waals surface area contributed by atoms with Gasteiger partial charge in [0.15, 0.2) is 17.4 Å². The van der Waals surface area contributed by atoms with Crippen molar-refractivity contribution in [2.75, 3.05) is 0 Å².